The molecule has 3 heteroatoms. The van der Waals surface area contributed by atoms with E-state index in [9.17, 15) is 9.59 Å². The van der Waals surface area contributed by atoms with Gasteiger partial charge in [-0.05, 0) is 6.92 Å². The predicted octanol–water partition coefficient (Wildman–Crippen LogP) is 3.65. The Kier molecular flexibility index (Phi) is 35.7. The lowest BCUT2D eigenvalue weighted by molar-refractivity contribution is -0.141. The second-order valence-electron chi connectivity index (χ2n) is 1.95. The quantitative estimate of drug-likeness (QED) is 0.680. The molecule has 1 amide bonds. The first-order valence-corrected chi connectivity index (χ1v) is 6.00. The third-order valence-corrected chi connectivity index (χ3v) is 0.994. The molecule has 0 radical (unpaired) electrons. The SMILES string of the molecule is C/C=C\N(C)C(=O)C(C)=O.CC.CC.CC. The molecule has 0 aliphatic carbocycles. The molecule has 0 aromatic rings. The molecule has 0 saturated heterocycles. The van der Waals surface area contributed by atoms with Crippen molar-refractivity contribution in [3.8, 4) is 0 Å². The van der Waals surface area contributed by atoms with Crippen molar-refractivity contribution in [2.75, 3.05) is 7.05 Å². The highest BCUT2D eigenvalue weighted by atomic mass is 16.2. The Morgan fingerprint density at radius 1 is 0.938 bits per heavy atom. The monoisotopic (exact) mass is 231 g/mol. The van der Waals surface area contributed by atoms with Crippen LogP contribution >= 0.6 is 0 Å². The average Bonchev–Trinajstić information content (AvgIpc) is 2.36. The van der Waals surface area contributed by atoms with E-state index in [1.165, 1.54) is 11.8 Å². The van der Waals surface area contributed by atoms with Crippen LogP contribution in [0, 0.1) is 0 Å². The zero-order valence-electron chi connectivity index (χ0n) is 12.4. The third-order valence-electron chi connectivity index (χ3n) is 0.994. The molecule has 0 aromatic heterocycles. The van der Waals surface area contributed by atoms with Gasteiger partial charge in [0, 0.05) is 20.2 Å². The molecule has 0 aromatic carbocycles. The van der Waals surface area contributed by atoms with Gasteiger partial charge in [0.2, 0.25) is 5.78 Å². The van der Waals surface area contributed by atoms with Gasteiger partial charge in [-0.2, -0.15) is 0 Å². The van der Waals surface area contributed by atoms with Crippen molar-refractivity contribution < 1.29 is 9.59 Å². The molecule has 16 heavy (non-hydrogen) atoms. The second kappa shape index (κ2) is 23.6. The molecular formula is C13H29NO2. The van der Waals surface area contributed by atoms with Crippen LogP contribution in [0.1, 0.15) is 55.4 Å². The number of hydrogen-bond acceptors (Lipinski definition) is 2. The molecule has 0 fully saturated rings. The van der Waals surface area contributed by atoms with Gasteiger partial charge in [0.1, 0.15) is 0 Å². The fraction of sp³-hybridized carbons (Fsp3) is 0.692. The van der Waals surface area contributed by atoms with E-state index < -0.39 is 11.7 Å². The number of nitrogens with zero attached hydrogens (tertiary/aromatic N) is 1. The van der Waals surface area contributed by atoms with Gasteiger partial charge in [-0.15, -0.1) is 0 Å². The van der Waals surface area contributed by atoms with Crippen LogP contribution in [0.15, 0.2) is 12.3 Å². The maximum absolute atomic E-state index is 10.8. The van der Waals surface area contributed by atoms with Crippen LogP contribution in [0.25, 0.3) is 0 Å². The lowest BCUT2D eigenvalue weighted by Crippen LogP contribution is -2.26. The Morgan fingerprint density at radius 2 is 1.25 bits per heavy atom. The zero-order chi connectivity index (χ0) is 14.1. The van der Waals surface area contributed by atoms with Crippen molar-refractivity contribution in [1.29, 1.82) is 0 Å². The summed E-state index contributed by atoms with van der Waals surface area (Å²) in [5, 5.41) is 0. The van der Waals surface area contributed by atoms with Crippen LogP contribution in [0.3, 0.4) is 0 Å². The van der Waals surface area contributed by atoms with Crippen molar-refractivity contribution in [3.05, 3.63) is 12.3 Å². The zero-order valence-corrected chi connectivity index (χ0v) is 12.4. The van der Waals surface area contributed by atoms with Gasteiger partial charge >= 0.3 is 0 Å². The van der Waals surface area contributed by atoms with Crippen LogP contribution in [-0.4, -0.2) is 23.6 Å². The molecular weight excluding hydrogens is 202 g/mol. The number of carbonyl (C=O) groups excluding carboxylic acids is 2. The molecule has 0 saturated carbocycles. The number of Topliss-reactive ketones (excluding diaryl/α,β-unsaturated/α-hetero) is 1. The maximum Gasteiger partial charge on any atom is 0.293 e. The fourth-order valence-corrected chi connectivity index (χ4v) is 0.540. The highest BCUT2D eigenvalue weighted by molar-refractivity contribution is 6.35. The molecule has 98 valence electrons. The van der Waals surface area contributed by atoms with Crippen molar-refractivity contribution >= 4 is 11.7 Å². The Bertz CT molecular complexity index is 175. The number of rotatable bonds is 2. The van der Waals surface area contributed by atoms with E-state index in [-0.39, 0.29) is 0 Å². The van der Waals surface area contributed by atoms with Gasteiger partial charge in [0.25, 0.3) is 5.91 Å². The molecule has 0 heterocycles. The van der Waals surface area contributed by atoms with E-state index in [1.807, 2.05) is 41.5 Å². The van der Waals surface area contributed by atoms with Crippen LogP contribution < -0.4 is 0 Å². The molecule has 0 unspecified atom stereocenters. The van der Waals surface area contributed by atoms with Crippen LogP contribution in [0.4, 0.5) is 0 Å². The van der Waals surface area contributed by atoms with Gasteiger partial charge in [0.15, 0.2) is 0 Å². The third kappa shape index (κ3) is 18.6. The smallest absolute Gasteiger partial charge is 0.293 e. The number of carbonyl (C=O) groups is 2. The first-order chi connectivity index (χ1) is 7.59. The van der Waals surface area contributed by atoms with E-state index >= 15 is 0 Å². The lowest BCUT2D eigenvalue weighted by Gasteiger charge is -2.07. The molecule has 0 rings (SSSR count). The highest BCUT2D eigenvalue weighted by Gasteiger charge is 2.09. The van der Waals surface area contributed by atoms with E-state index in [1.54, 1.807) is 26.2 Å². The second-order valence-corrected chi connectivity index (χ2v) is 1.95. The van der Waals surface area contributed by atoms with Gasteiger partial charge < -0.3 is 4.90 Å². The Balaban J connectivity index is -0.000000103. The largest absolute Gasteiger partial charge is 0.316 e. The van der Waals surface area contributed by atoms with Crippen molar-refractivity contribution in [2.45, 2.75) is 55.4 Å². The number of ketones is 1. The molecule has 3 nitrogen and oxygen atoms in total. The first kappa shape index (κ1) is 24.2. The normalized spacial score (nSPS) is 7.31. The van der Waals surface area contributed by atoms with Crippen molar-refractivity contribution in [3.63, 3.8) is 0 Å². The maximum atomic E-state index is 10.8. The number of allylic oxidation sites excluding steroid dienone is 1. The van der Waals surface area contributed by atoms with E-state index in [0.29, 0.717) is 0 Å². The molecule has 0 atom stereocenters. The van der Waals surface area contributed by atoms with Gasteiger partial charge in [0.05, 0.1) is 0 Å². The van der Waals surface area contributed by atoms with Crippen LogP contribution in [-0.2, 0) is 9.59 Å². The number of likely N-dealkylation sites (N-methyl/N-ethyl adjacent to an activating group) is 1. The fourth-order valence-electron chi connectivity index (χ4n) is 0.540. The molecule has 0 aliphatic heterocycles. The van der Waals surface area contributed by atoms with E-state index in [2.05, 4.69) is 0 Å². The summed E-state index contributed by atoms with van der Waals surface area (Å²) in [4.78, 5) is 22.4. The summed E-state index contributed by atoms with van der Waals surface area (Å²) < 4.78 is 0. The highest BCUT2D eigenvalue weighted by Crippen LogP contribution is 1.86. The number of amides is 1. The van der Waals surface area contributed by atoms with Crippen LogP contribution in [0.2, 0.25) is 0 Å². The minimum absolute atomic E-state index is 0.444. The van der Waals surface area contributed by atoms with Gasteiger partial charge in [-0.25, -0.2) is 0 Å². The predicted molar refractivity (Wildman–Crippen MR) is 72.3 cm³/mol. The summed E-state index contributed by atoms with van der Waals surface area (Å²) in [5.41, 5.74) is 0. The Labute approximate surface area is 102 Å². The minimum atomic E-state index is -0.488. The van der Waals surface area contributed by atoms with Gasteiger partial charge in [-0.3, -0.25) is 9.59 Å². The summed E-state index contributed by atoms with van der Waals surface area (Å²) in [6, 6.07) is 0. The molecule has 0 spiro atoms. The standard InChI is InChI=1S/C7H11NO2.3C2H6/c1-4-5-8(3)7(10)6(2)9;3*1-2/h4-5H,1-3H3;3*1-2H3/b5-4-;;;. The number of hydrogen-bond donors (Lipinski definition) is 0. The summed E-state index contributed by atoms with van der Waals surface area (Å²) in [6.07, 6.45) is 3.24. The lowest BCUT2D eigenvalue weighted by atomic mass is 10.4. The van der Waals surface area contributed by atoms with Crippen molar-refractivity contribution in [2.24, 2.45) is 0 Å². The molecule has 0 bridgehead atoms. The molecule has 0 N–H and O–H groups in total. The Morgan fingerprint density at radius 3 is 1.44 bits per heavy atom. The summed E-state index contributed by atoms with van der Waals surface area (Å²) in [7, 11) is 1.55. The Hall–Kier alpha value is -1.12. The topological polar surface area (TPSA) is 37.4 Å². The summed E-state index contributed by atoms with van der Waals surface area (Å²) in [6.45, 7) is 15.0. The van der Waals surface area contributed by atoms with Crippen molar-refractivity contribution in [1.82, 2.24) is 4.90 Å². The van der Waals surface area contributed by atoms with E-state index in [0.717, 1.165) is 0 Å². The minimum Gasteiger partial charge on any atom is -0.316 e. The first-order valence-electron chi connectivity index (χ1n) is 6.00. The summed E-state index contributed by atoms with van der Waals surface area (Å²) in [5.74, 6) is -0.932. The average molecular weight is 231 g/mol. The van der Waals surface area contributed by atoms with E-state index in [4.69, 9.17) is 0 Å². The molecule has 0 aliphatic rings. The summed E-state index contributed by atoms with van der Waals surface area (Å²) >= 11 is 0. The van der Waals surface area contributed by atoms with Crippen LogP contribution in [0.5, 0.6) is 0 Å². The van der Waals surface area contributed by atoms with Gasteiger partial charge in [-0.1, -0.05) is 47.6 Å².